The molecule has 1 N–H and O–H groups in total. The number of ketones is 1. The van der Waals surface area contributed by atoms with Crippen molar-refractivity contribution >= 4 is 40.8 Å². The van der Waals surface area contributed by atoms with Gasteiger partial charge in [0, 0.05) is 11.3 Å². The van der Waals surface area contributed by atoms with Gasteiger partial charge in [0.05, 0.1) is 23.1 Å². The highest BCUT2D eigenvalue weighted by Crippen LogP contribution is 2.53. The van der Waals surface area contributed by atoms with Crippen molar-refractivity contribution in [2.75, 3.05) is 16.8 Å². The molecule has 0 unspecified atom stereocenters. The van der Waals surface area contributed by atoms with Crippen LogP contribution in [0.4, 0.5) is 11.4 Å². The summed E-state index contributed by atoms with van der Waals surface area (Å²) in [6, 6.07) is 12.5. The number of nitrogens with zero attached hydrogens (tertiary/aromatic N) is 1. The molecule has 2 aromatic rings. The number of carbonyl (C=O) groups excluding carboxylic acids is 5. The second-order valence-corrected chi connectivity index (χ2v) is 8.82. The summed E-state index contributed by atoms with van der Waals surface area (Å²) in [4.78, 5) is 63.0. The standard InChI is InChI=1S/C26H22N2O6/c1-14(29)16-3-2-4-19(12-16)27-21(30)13-34-26(33)15-7-9-20(10-8-15)28-24(31)22-17-5-6-18(11-17)23(22)25(28)32/h2-10,12,17-18,22-23H,11,13H2,1H3,(H,27,30)/t17-,18-,22-,23-/m0/s1. The van der Waals surface area contributed by atoms with Gasteiger partial charge in [-0.05, 0) is 61.6 Å². The van der Waals surface area contributed by atoms with Crippen LogP contribution in [-0.2, 0) is 19.1 Å². The fourth-order valence-corrected chi connectivity index (χ4v) is 5.13. The van der Waals surface area contributed by atoms with Gasteiger partial charge in [-0.15, -0.1) is 0 Å². The van der Waals surface area contributed by atoms with Crippen LogP contribution in [0.2, 0.25) is 0 Å². The van der Waals surface area contributed by atoms with E-state index in [9.17, 15) is 24.0 Å². The molecule has 0 radical (unpaired) electrons. The lowest BCUT2D eigenvalue weighted by molar-refractivity contribution is -0.123. The van der Waals surface area contributed by atoms with Gasteiger partial charge in [-0.1, -0.05) is 24.3 Å². The number of allylic oxidation sites excluding steroid dienone is 2. The molecule has 0 aromatic heterocycles. The summed E-state index contributed by atoms with van der Waals surface area (Å²) in [6.45, 7) is 0.920. The topological polar surface area (TPSA) is 110 Å². The van der Waals surface area contributed by atoms with Gasteiger partial charge in [0.2, 0.25) is 11.8 Å². The van der Waals surface area contributed by atoms with Gasteiger partial charge in [0.25, 0.3) is 5.91 Å². The highest BCUT2D eigenvalue weighted by Gasteiger charge is 2.59. The third-order valence-electron chi connectivity index (χ3n) is 6.72. The Labute approximate surface area is 195 Å². The van der Waals surface area contributed by atoms with E-state index in [0.717, 1.165) is 6.42 Å². The van der Waals surface area contributed by atoms with Crippen molar-refractivity contribution in [1.29, 1.82) is 0 Å². The van der Waals surface area contributed by atoms with Crippen LogP contribution < -0.4 is 10.2 Å². The number of Topliss-reactive ketones (excluding diaryl/α,β-unsaturated/α-hetero) is 1. The Balaban J connectivity index is 1.19. The highest BCUT2D eigenvalue weighted by molar-refractivity contribution is 6.22. The molecule has 172 valence electrons. The molecule has 2 bridgehead atoms. The Morgan fingerprint density at radius 1 is 0.941 bits per heavy atom. The quantitative estimate of drug-likeness (QED) is 0.308. The minimum atomic E-state index is -0.711. The zero-order valence-electron chi connectivity index (χ0n) is 18.4. The van der Waals surface area contributed by atoms with E-state index >= 15 is 0 Å². The first kappa shape index (κ1) is 21.8. The zero-order valence-corrected chi connectivity index (χ0v) is 18.4. The summed E-state index contributed by atoms with van der Waals surface area (Å²) < 4.78 is 5.07. The smallest absolute Gasteiger partial charge is 0.338 e. The Kier molecular flexibility index (Phi) is 5.36. The summed E-state index contributed by atoms with van der Waals surface area (Å²) in [7, 11) is 0. The number of hydrogen-bond acceptors (Lipinski definition) is 6. The fourth-order valence-electron chi connectivity index (χ4n) is 5.13. The van der Waals surface area contributed by atoms with E-state index < -0.39 is 18.5 Å². The van der Waals surface area contributed by atoms with Crippen LogP contribution in [0.3, 0.4) is 0 Å². The number of fused-ring (bicyclic) bond motifs is 5. The van der Waals surface area contributed by atoms with Gasteiger partial charge in [-0.3, -0.25) is 24.1 Å². The molecule has 2 aliphatic carbocycles. The Morgan fingerprint density at radius 2 is 1.59 bits per heavy atom. The molecule has 1 aliphatic heterocycles. The molecule has 8 heteroatoms. The number of amides is 3. The van der Waals surface area contributed by atoms with Crippen LogP contribution in [0.15, 0.2) is 60.7 Å². The molecule has 1 saturated carbocycles. The largest absolute Gasteiger partial charge is 0.452 e. The van der Waals surface area contributed by atoms with E-state index in [1.54, 1.807) is 18.2 Å². The molecular formula is C26H22N2O6. The highest BCUT2D eigenvalue weighted by atomic mass is 16.5. The van der Waals surface area contributed by atoms with Gasteiger partial charge in [-0.25, -0.2) is 4.79 Å². The van der Waals surface area contributed by atoms with Gasteiger partial charge in [0.15, 0.2) is 12.4 Å². The Hall–Kier alpha value is -4.07. The fraction of sp³-hybridized carbons (Fsp3) is 0.269. The number of imide groups is 1. The average Bonchev–Trinajstić information content (AvgIpc) is 3.51. The summed E-state index contributed by atoms with van der Waals surface area (Å²) in [5, 5.41) is 2.58. The van der Waals surface area contributed by atoms with Gasteiger partial charge in [0.1, 0.15) is 0 Å². The van der Waals surface area contributed by atoms with E-state index in [1.807, 2.05) is 12.2 Å². The maximum absolute atomic E-state index is 12.9. The van der Waals surface area contributed by atoms with Crippen LogP contribution in [-0.4, -0.2) is 36.1 Å². The minimum absolute atomic E-state index is 0.127. The lowest BCUT2D eigenvalue weighted by Gasteiger charge is -2.17. The predicted octanol–water partition coefficient (Wildman–Crippen LogP) is 3.00. The Morgan fingerprint density at radius 3 is 2.21 bits per heavy atom. The lowest BCUT2D eigenvalue weighted by atomic mass is 9.85. The molecule has 0 spiro atoms. The van der Waals surface area contributed by atoms with Crippen molar-refractivity contribution in [3.63, 3.8) is 0 Å². The molecule has 3 amide bonds. The van der Waals surface area contributed by atoms with Crippen LogP contribution in [0.5, 0.6) is 0 Å². The van der Waals surface area contributed by atoms with Gasteiger partial charge < -0.3 is 10.1 Å². The molecule has 5 rings (SSSR count). The molecular weight excluding hydrogens is 436 g/mol. The van der Waals surface area contributed by atoms with Crippen molar-refractivity contribution in [3.8, 4) is 0 Å². The molecule has 2 fully saturated rings. The van der Waals surface area contributed by atoms with Crippen molar-refractivity contribution < 1.29 is 28.7 Å². The number of anilines is 2. The molecule has 1 heterocycles. The van der Waals surface area contributed by atoms with E-state index in [2.05, 4.69) is 5.32 Å². The number of rotatable bonds is 6. The van der Waals surface area contributed by atoms with Crippen LogP contribution in [0, 0.1) is 23.7 Å². The predicted molar refractivity (Wildman–Crippen MR) is 122 cm³/mol. The third-order valence-corrected chi connectivity index (χ3v) is 6.72. The average molecular weight is 458 g/mol. The number of benzene rings is 2. The van der Waals surface area contributed by atoms with Crippen LogP contribution in [0.25, 0.3) is 0 Å². The molecule has 4 atom stereocenters. The summed E-state index contributed by atoms with van der Waals surface area (Å²) >= 11 is 0. The molecule has 1 saturated heterocycles. The van der Waals surface area contributed by atoms with E-state index in [0.29, 0.717) is 16.9 Å². The monoisotopic (exact) mass is 458 g/mol. The summed E-state index contributed by atoms with van der Waals surface area (Å²) in [5.74, 6) is -2.09. The number of nitrogens with one attached hydrogen (secondary N) is 1. The molecule has 8 nitrogen and oxygen atoms in total. The maximum atomic E-state index is 12.9. The van der Waals surface area contributed by atoms with Gasteiger partial charge >= 0.3 is 5.97 Å². The molecule has 3 aliphatic rings. The van der Waals surface area contributed by atoms with Crippen molar-refractivity contribution in [1.82, 2.24) is 0 Å². The van der Waals surface area contributed by atoms with Gasteiger partial charge in [-0.2, -0.15) is 0 Å². The van der Waals surface area contributed by atoms with E-state index in [-0.39, 0.29) is 46.8 Å². The summed E-state index contributed by atoms with van der Waals surface area (Å²) in [5.41, 5.74) is 1.49. The van der Waals surface area contributed by atoms with Crippen molar-refractivity contribution in [2.45, 2.75) is 13.3 Å². The number of hydrogen-bond donors (Lipinski definition) is 1. The minimum Gasteiger partial charge on any atom is -0.452 e. The number of ether oxygens (including phenoxy) is 1. The zero-order chi connectivity index (χ0) is 24.0. The van der Waals surface area contributed by atoms with E-state index in [4.69, 9.17) is 4.74 Å². The van der Waals surface area contributed by atoms with E-state index in [1.165, 1.54) is 42.2 Å². The molecule has 2 aromatic carbocycles. The third kappa shape index (κ3) is 3.71. The first-order valence-corrected chi connectivity index (χ1v) is 11.1. The van der Waals surface area contributed by atoms with Crippen LogP contribution in [0.1, 0.15) is 34.1 Å². The first-order valence-electron chi connectivity index (χ1n) is 11.1. The summed E-state index contributed by atoms with van der Waals surface area (Å²) in [6.07, 6.45) is 4.94. The SMILES string of the molecule is CC(=O)c1cccc(NC(=O)COC(=O)c2ccc(N3C(=O)[C@@H]4[C@@H](C3=O)[C@H]3C=C[C@H]4C3)cc2)c1. The maximum Gasteiger partial charge on any atom is 0.338 e. The number of carbonyl (C=O) groups is 5. The second-order valence-electron chi connectivity index (χ2n) is 8.82. The Bertz CT molecular complexity index is 1220. The number of esters is 1. The lowest BCUT2D eigenvalue weighted by Crippen LogP contribution is -2.32. The van der Waals surface area contributed by atoms with Crippen LogP contribution >= 0.6 is 0 Å². The van der Waals surface area contributed by atoms with Crippen molar-refractivity contribution in [3.05, 3.63) is 71.8 Å². The normalized spacial score (nSPS) is 24.3. The second kappa shape index (κ2) is 8.37. The van der Waals surface area contributed by atoms with Crippen molar-refractivity contribution in [2.24, 2.45) is 23.7 Å². The molecule has 34 heavy (non-hydrogen) atoms. The first-order chi connectivity index (χ1) is 16.3.